The number of aryl methyl sites for hydroxylation is 1. The number of carbonyl (C=O) groups is 1. The summed E-state index contributed by atoms with van der Waals surface area (Å²) in [5.41, 5.74) is -0.823. The quantitative estimate of drug-likeness (QED) is 0.752. The lowest BCUT2D eigenvalue weighted by atomic mass is 9.85. The normalized spacial score (nSPS) is 22.2. The van der Waals surface area contributed by atoms with Crippen LogP contribution in [0.15, 0.2) is 0 Å². The van der Waals surface area contributed by atoms with Gasteiger partial charge < -0.3 is 15.2 Å². The Kier molecular flexibility index (Phi) is 5.09. The molecule has 160 valence electrons. The number of anilines is 1. The van der Waals surface area contributed by atoms with Gasteiger partial charge in [0.25, 0.3) is 0 Å². The molecule has 2 aliphatic rings. The molecule has 4 rings (SSSR count). The predicted octanol–water partition coefficient (Wildman–Crippen LogP) is 4.16. The molecule has 30 heavy (non-hydrogen) atoms. The summed E-state index contributed by atoms with van der Waals surface area (Å²) >= 11 is 6.20. The summed E-state index contributed by atoms with van der Waals surface area (Å²) in [6, 6.07) is 1.96. The molecule has 2 fully saturated rings. The Morgan fingerprint density at radius 1 is 1.37 bits per heavy atom. The average molecular weight is 440 g/mol. The lowest BCUT2D eigenvalue weighted by molar-refractivity contribution is -0.141. The van der Waals surface area contributed by atoms with Gasteiger partial charge in [0.05, 0.1) is 16.2 Å². The van der Waals surface area contributed by atoms with E-state index >= 15 is 0 Å². The Bertz CT molecular complexity index is 1050. The highest BCUT2D eigenvalue weighted by Crippen LogP contribution is 2.42. The molecule has 3 heterocycles. The van der Waals surface area contributed by atoms with Gasteiger partial charge in [0.2, 0.25) is 5.91 Å². The lowest BCUT2D eigenvalue weighted by Gasteiger charge is -2.38. The van der Waals surface area contributed by atoms with E-state index in [0.717, 1.165) is 12.8 Å². The number of piperidine rings is 1. The first-order chi connectivity index (χ1) is 14.1. The summed E-state index contributed by atoms with van der Waals surface area (Å²) in [6.07, 6.45) is -2.32. The number of hydrogen-bond donors (Lipinski definition) is 2. The van der Waals surface area contributed by atoms with E-state index in [-0.39, 0.29) is 40.0 Å². The molecule has 1 aliphatic carbocycles. The smallest absolute Gasteiger partial charge is 0.368 e. The molecular formula is C20H21ClF3N5O. The molecule has 0 unspecified atom stereocenters. The van der Waals surface area contributed by atoms with E-state index in [2.05, 4.69) is 15.3 Å². The zero-order chi connectivity index (χ0) is 21.8. The van der Waals surface area contributed by atoms with Crippen molar-refractivity contribution in [1.82, 2.24) is 15.3 Å². The molecule has 0 bridgehead atoms. The van der Waals surface area contributed by atoms with Gasteiger partial charge >= 0.3 is 6.18 Å². The van der Waals surface area contributed by atoms with Gasteiger partial charge in [0, 0.05) is 30.7 Å². The molecule has 1 amide bonds. The van der Waals surface area contributed by atoms with E-state index in [1.165, 1.54) is 0 Å². The molecular weight excluding hydrogens is 419 g/mol. The Morgan fingerprint density at radius 2 is 2.07 bits per heavy atom. The molecule has 2 N–H and O–H groups in total. The molecule has 2 atom stereocenters. The largest absolute Gasteiger partial charge is 0.434 e. The van der Waals surface area contributed by atoms with Crippen molar-refractivity contribution in [1.29, 1.82) is 5.26 Å². The van der Waals surface area contributed by atoms with E-state index in [1.807, 2.05) is 6.92 Å². The van der Waals surface area contributed by atoms with Crippen LogP contribution in [0.5, 0.6) is 0 Å². The van der Waals surface area contributed by atoms with Crippen LogP contribution in [0, 0.1) is 30.1 Å². The number of nitrogens with one attached hydrogen (secondary N) is 2. The van der Waals surface area contributed by atoms with Gasteiger partial charge in [-0.1, -0.05) is 18.5 Å². The van der Waals surface area contributed by atoms with Gasteiger partial charge in [-0.2, -0.15) is 18.4 Å². The highest BCUT2D eigenvalue weighted by Gasteiger charge is 2.41. The number of aromatic amines is 1. The summed E-state index contributed by atoms with van der Waals surface area (Å²) in [4.78, 5) is 20.9. The van der Waals surface area contributed by atoms with Crippen molar-refractivity contribution in [3.63, 3.8) is 0 Å². The number of halogens is 4. The molecule has 1 saturated carbocycles. The van der Waals surface area contributed by atoms with Crippen molar-refractivity contribution in [3.8, 4) is 6.07 Å². The van der Waals surface area contributed by atoms with Gasteiger partial charge in [0.1, 0.15) is 17.1 Å². The van der Waals surface area contributed by atoms with Crippen molar-refractivity contribution in [3.05, 3.63) is 22.0 Å². The fraction of sp³-hybridized carbons (Fsp3) is 0.550. The number of hydrogen-bond acceptors (Lipinski definition) is 4. The molecule has 0 radical (unpaired) electrons. The first-order valence-corrected chi connectivity index (χ1v) is 10.2. The predicted molar refractivity (Wildman–Crippen MR) is 106 cm³/mol. The maximum Gasteiger partial charge on any atom is 0.434 e. The Morgan fingerprint density at radius 3 is 2.63 bits per heavy atom. The molecule has 0 spiro atoms. The van der Waals surface area contributed by atoms with E-state index in [4.69, 9.17) is 11.6 Å². The third-order valence-corrected chi connectivity index (χ3v) is 6.35. The number of aromatic nitrogens is 2. The summed E-state index contributed by atoms with van der Waals surface area (Å²) in [5, 5.41) is 12.7. The Balaban J connectivity index is 1.75. The van der Waals surface area contributed by atoms with Crippen LogP contribution < -0.4 is 10.2 Å². The van der Waals surface area contributed by atoms with Crippen LogP contribution >= 0.6 is 11.6 Å². The van der Waals surface area contributed by atoms with Gasteiger partial charge in [-0.3, -0.25) is 4.79 Å². The first-order valence-electron chi connectivity index (χ1n) is 9.86. The summed E-state index contributed by atoms with van der Waals surface area (Å²) < 4.78 is 41.0. The standard InChI is InChI=1S/C20H21ClF3N5O/c1-9-8-29(6-5-12(9)19(30)27-11-3-4-11)17-13(7-25)18(20(22,23)24)28-15-14(21)10(2)26-16(15)17/h9,11-12,26H,3-6,8H2,1-2H3,(H,27,30)/t9-,12+/m1/s1. The minimum absolute atomic E-state index is 0.000208. The number of alkyl halides is 3. The molecule has 1 aliphatic heterocycles. The van der Waals surface area contributed by atoms with Crippen LogP contribution in [-0.4, -0.2) is 35.0 Å². The van der Waals surface area contributed by atoms with Crippen molar-refractivity contribution in [2.75, 3.05) is 18.0 Å². The second-order valence-electron chi connectivity index (χ2n) is 8.18. The number of rotatable bonds is 3. The number of amides is 1. The van der Waals surface area contributed by atoms with Crippen LogP contribution in [-0.2, 0) is 11.0 Å². The second-order valence-corrected chi connectivity index (χ2v) is 8.56. The molecule has 0 aromatic carbocycles. The van der Waals surface area contributed by atoms with Crippen molar-refractivity contribution in [2.45, 2.75) is 45.3 Å². The van der Waals surface area contributed by atoms with E-state index in [1.54, 1.807) is 17.9 Å². The summed E-state index contributed by atoms with van der Waals surface area (Å²) in [7, 11) is 0. The average Bonchev–Trinajstić information content (AvgIpc) is 3.44. The lowest BCUT2D eigenvalue weighted by Crippen LogP contribution is -2.46. The molecule has 1 saturated heterocycles. The maximum absolute atomic E-state index is 13.7. The number of pyridine rings is 1. The van der Waals surface area contributed by atoms with Gasteiger partial charge in [-0.25, -0.2) is 4.98 Å². The monoisotopic (exact) mass is 439 g/mol. The molecule has 6 nitrogen and oxygen atoms in total. The fourth-order valence-corrected chi connectivity index (χ4v) is 4.36. The summed E-state index contributed by atoms with van der Waals surface area (Å²) in [5.74, 6) is -0.298. The third kappa shape index (κ3) is 3.58. The number of nitrogens with zero attached hydrogens (tertiary/aromatic N) is 3. The number of carbonyl (C=O) groups excluding carboxylic acids is 1. The first kappa shape index (κ1) is 20.8. The Hall–Kier alpha value is -2.47. The highest BCUT2D eigenvalue weighted by molar-refractivity contribution is 6.36. The number of nitriles is 1. The van der Waals surface area contributed by atoms with Crippen LogP contribution in [0.25, 0.3) is 11.0 Å². The van der Waals surface area contributed by atoms with Crippen LogP contribution in [0.2, 0.25) is 5.02 Å². The van der Waals surface area contributed by atoms with Crippen LogP contribution in [0.3, 0.4) is 0 Å². The van der Waals surface area contributed by atoms with Crippen LogP contribution in [0.1, 0.15) is 43.1 Å². The van der Waals surface area contributed by atoms with E-state index in [0.29, 0.717) is 30.7 Å². The van der Waals surface area contributed by atoms with Gasteiger partial charge in [-0.05, 0) is 32.1 Å². The maximum atomic E-state index is 13.7. The summed E-state index contributed by atoms with van der Waals surface area (Å²) in [6.45, 7) is 4.26. The minimum Gasteiger partial charge on any atom is -0.368 e. The molecule has 10 heteroatoms. The second kappa shape index (κ2) is 7.34. The zero-order valence-corrected chi connectivity index (χ0v) is 17.3. The van der Waals surface area contributed by atoms with Crippen LogP contribution in [0.4, 0.5) is 18.9 Å². The minimum atomic E-state index is -4.80. The topological polar surface area (TPSA) is 84.8 Å². The number of fused-ring (bicyclic) bond motifs is 1. The van der Waals surface area contributed by atoms with Gasteiger partial charge in [-0.15, -0.1) is 0 Å². The molecule has 2 aromatic rings. The van der Waals surface area contributed by atoms with Crippen molar-refractivity contribution in [2.24, 2.45) is 11.8 Å². The fourth-order valence-electron chi connectivity index (χ4n) is 4.17. The van der Waals surface area contributed by atoms with Crippen molar-refractivity contribution >= 4 is 34.2 Å². The van der Waals surface area contributed by atoms with Crippen molar-refractivity contribution < 1.29 is 18.0 Å². The number of H-pyrrole nitrogens is 1. The van der Waals surface area contributed by atoms with E-state index < -0.39 is 17.4 Å². The van der Waals surface area contributed by atoms with E-state index in [9.17, 15) is 23.2 Å². The SMILES string of the molecule is Cc1[nH]c2c(N3CC[C@H](C(=O)NC4CC4)[C@H](C)C3)c(C#N)c(C(F)(F)F)nc2c1Cl. The third-order valence-electron chi connectivity index (χ3n) is 5.88. The zero-order valence-electron chi connectivity index (χ0n) is 16.5. The van der Waals surface area contributed by atoms with Gasteiger partial charge in [0.15, 0.2) is 5.69 Å². The highest BCUT2D eigenvalue weighted by atomic mass is 35.5. The molecule has 2 aromatic heterocycles. The Labute approximate surface area is 176 Å².